The SMILES string of the molecule is Cc1ccn2c(NC(=O)C(C)(C)Oc3ccc(Cl)cc3)c(-c3cccs3)nc2c1. The van der Waals surface area contributed by atoms with Gasteiger partial charge in [0.05, 0.1) is 4.88 Å². The molecule has 29 heavy (non-hydrogen) atoms. The molecular formula is C22H20ClN3O2S. The van der Waals surface area contributed by atoms with Gasteiger partial charge >= 0.3 is 0 Å². The van der Waals surface area contributed by atoms with Gasteiger partial charge in [0.1, 0.15) is 22.9 Å². The number of carbonyl (C=O) groups excluding carboxylic acids is 1. The van der Waals surface area contributed by atoms with Crippen molar-refractivity contribution in [3.05, 3.63) is 70.7 Å². The summed E-state index contributed by atoms with van der Waals surface area (Å²) in [5.41, 5.74) is 1.51. The number of amides is 1. The van der Waals surface area contributed by atoms with E-state index in [-0.39, 0.29) is 5.91 Å². The summed E-state index contributed by atoms with van der Waals surface area (Å²) in [5.74, 6) is 0.926. The van der Waals surface area contributed by atoms with Crippen molar-refractivity contribution in [2.24, 2.45) is 0 Å². The van der Waals surface area contributed by atoms with Gasteiger partial charge in [-0.2, -0.15) is 0 Å². The third-order valence-corrected chi connectivity index (χ3v) is 5.63. The lowest BCUT2D eigenvalue weighted by molar-refractivity contribution is -0.128. The van der Waals surface area contributed by atoms with Crippen molar-refractivity contribution >= 4 is 40.3 Å². The lowest BCUT2D eigenvalue weighted by Crippen LogP contribution is -2.42. The molecule has 1 aromatic carbocycles. The average Bonchev–Trinajstić information content (AvgIpc) is 3.31. The van der Waals surface area contributed by atoms with Gasteiger partial charge < -0.3 is 10.1 Å². The number of aromatic nitrogens is 2. The van der Waals surface area contributed by atoms with Gasteiger partial charge in [0, 0.05) is 11.2 Å². The fraction of sp³-hybridized carbons (Fsp3) is 0.182. The predicted octanol–water partition coefficient (Wildman–Crippen LogP) is 5.82. The number of carbonyl (C=O) groups is 1. The number of fused-ring (bicyclic) bond motifs is 1. The van der Waals surface area contributed by atoms with Crippen molar-refractivity contribution in [3.63, 3.8) is 0 Å². The molecule has 5 nitrogen and oxygen atoms in total. The second-order valence-electron chi connectivity index (χ2n) is 7.24. The Kier molecular flexibility index (Phi) is 5.06. The van der Waals surface area contributed by atoms with Gasteiger partial charge in [-0.3, -0.25) is 9.20 Å². The highest BCUT2D eigenvalue weighted by Crippen LogP contribution is 2.33. The Balaban J connectivity index is 1.68. The number of hydrogen-bond donors (Lipinski definition) is 1. The van der Waals surface area contributed by atoms with Gasteiger partial charge in [-0.1, -0.05) is 17.7 Å². The fourth-order valence-corrected chi connectivity index (χ4v) is 3.79. The molecule has 0 aliphatic heterocycles. The van der Waals surface area contributed by atoms with E-state index < -0.39 is 5.60 Å². The predicted molar refractivity (Wildman–Crippen MR) is 118 cm³/mol. The highest BCUT2D eigenvalue weighted by Gasteiger charge is 2.32. The Morgan fingerprint density at radius 3 is 2.66 bits per heavy atom. The van der Waals surface area contributed by atoms with E-state index in [9.17, 15) is 4.79 Å². The van der Waals surface area contributed by atoms with E-state index in [1.807, 2.05) is 47.2 Å². The van der Waals surface area contributed by atoms with E-state index in [0.717, 1.165) is 21.8 Å². The highest BCUT2D eigenvalue weighted by molar-refractivity contribution is 7.13. The Morgan fingerprint density at radius 2 is 1.97 bits per heavy atom. The van der Waals surface area contributed by atoms with E-state index in [1.165, 1.54) is 0 Å². The van der Waals surface area contributed by atoms with Gasteiger partial charge in [0.2, 0.25) is 0 Å². The maximum absolute atomic E-state index is 13.1. The number of ether oxygens (including phenoxy) is 1. The third-order valence-electron chi connectivity index (χ3n) is 4.50. The normalized spacial score (nSPS) is 11.6. The van der Waals surface area contributed by atoms with Crippen molar-refractivity contribution in [1.29, 1.82) is 0 Å². The Labute approximate surface area is 177 Å². The van der Waals surface area contributed by atoms with Crippen molar-refractivity contribution in [3.8, 4) is 16.3 Å². The first-order valence-electron chi connectivity index (χ1n) is 9.12. The van der Waals surface area contributed by atoms with E-state index in [1.54, 1.807) is 49.4 Å². The van der Waals surface area contributed by atoms with Crippen molar-refractivity contribution < 1.29 is 9.53 Å². The minimum absolute atomic E-state index is 0.271. The van der Waals surface area contributed by atoms with Crippen LogP contribution in [0.1, 0.15) is 19.4 Å². The molecule has 148 valence electrons. The minimum Gasteiger partial charge on any atom is -0.478 e. The lowest BCUT2D eigenvalue weighted by atomic mass is 10.1. The first kappa shape index (κ1) is 19.5. The van der Waals surface area contributed by atoms with Crippen LogP contribution in [0.4, 0.5) is 5.82 Å². The molecule has 0 saturated carbocycles. The van der Waals surface area contributed by atoms with Crippen molar-refractivity contribution in [1.82, 2.24) is 9.38 Å². The standard InChI is InChI=1S/C22H20ClN3O2S/c1-14-10-11-26-18(13-14)24-19(17-5-4-12-29-17)20(26)25-21(27)22(2,3)28-16-8-6-15(23)7-9-16/h4-13H,1-3H3,(H,25,27). The van der Waals surface area contributed by atoms with Crippen LogP contribution in [0.25, 0.3) is 16.2 Å². The quantitative estimate of drug-likeness (QED) is 0.438. The number of aryl methyl sites for hydroxylation is 1. The molecule has 1 N–H and O–H groups in total. The molecule has 7 heteroatoms. The molecule has 0 radical (unpaired) electrons. The van der Waals surface area contributed by atoms with E-state index in [0.29, 0.717) is 16.6 Å². The Morgan fingerprint density at radius 1 is 1.21 bits per heavy atom. The van der Waals surface area contributed by atoms with Crippen LogP contribution in [-0.4, -0.2) is 20.9 Å². The average molecular weight is 426 g/mol. The molecule has 1 amide bonds. The molecular weight excluding hydrogens is 406 g/mol. The summed E-state index contributed by atoms with van der Waals surface area (Å²) >= 11 is 7.51. The van der Waals surface area contributed by atoms with Crippen LogP contribution in [0.5, 0.6) is 5.75 Å². The van der Waals surface area contributed by atoms with Gasteiger partial charge in [-0.25, -0.2) is 4.98 Å². The van der Waals surface area contributed by atoms with E-state index in [4.69, 9.17) is 21.3 Å². The molecule has 3 heterocycles. The van der Waals surface area contributed by atoms with Gasteiger partial charge in [0.25, 0.3) is 5.91 Å². The molecule has 4 rings (SSSR count). The zero-order valence-electron chi connectivity index (χ0n) is 16.3. The number of nitrogens with zero attached hydrogens (tertiary/aromatic N) is 2. The minimum atomic E-state index is -1.10. The molecule has 0 atom stereocenters. The summed E-state index contributed by atoms with van der Waals surface area (Å²) in [6.07, 6.45) is 1.91. The summed E-state index contributed by atoms with van der Waals surface area (Å²) in [6.45, 7) is 5.48. The highest BCUT2D eigenvalue weighted by atomic mass is 35.5. The number of thiophene rings is 1. The number of nitrogens with one attached hydrogen (secondary N) is 1. The number of halogens is 1. The molecule has 0 saturated heterocycles. The van der Waals surface area contributed by atoms with Crippen molar-refractivity contribution in [2.45, 2.75) is 26.4 Å². The lowest BCUT2D eigenvalue weighted by Gasteiger charge is -2.25. The summed E-state index contributed by atoms with van der Waals surface area (Å²) < 4.78 is 7.82. The molecule has 0 aliphatic carbocycles. The van der Waals surface area contributed by atoms with Gasteiger partial charge in [-0.15, -0.1) is 11.3 Å². The molecule has 4 aromatic rings. The van der Waals surface area contributed by atoms with Crippen LogP contribution >= 0.6 is 22.9 Å². The number of imidazole rings is 1. The zero-order valence-corrected chi connectivity index (χ0v) is 17.8. The number of rotatable bonds is 5. The second kappa shape index (κ2) is 7.54. The van der Waals surface area contributed by atoms with Crippen molar-refractivity contribution in [2.75, 3.05) is 5.32 Å². The van der Waals surface area contributed by atoms with Crippen LogP contribution < -0.4 is 10.1 Å². The fourth-order valence-electron chi connectivity index (χ4n) is 2.95. The molecule has 0 spiro atoms. The maximum Gasteiger partial charge on any atom is 0.269 e. The van der Waals surface area contributed by atoms with Gasteiger partial charge in [-0.05, 0) is 74.2 Å². The third kappa shape index (κ3) is 3.99. The van der Waals surface area contributed by atoms with Gasteiger partial charge in [0.15, 0.2) is 5.60 Å². The van der Waals surface area contributed by atoms with Crippen LogP contribution in [0.2, 0.25) is 5.02 Å². The first-order chi connectivity index (χ1) is 13.8. The monoisotopic (exact) mass is 425 g/mol. The van der Waals surface area contributed by atoms with E-state index in [2.05, 4.69) is 5.32 Å². The van der Waals surface area contributed by atoms with Crippen LogP contribution in [0.15, 0.2) is 60.1 Å². The zero-order chi connectivity index (χ0) is 20.6. The Bertz CT molecular complexity index is 1160. The number of anilines is 1. The molecule has 0 bridgehead atoms. The Hall–Kier alpha value is -2.83. The maximum atomic E-state index is 13.1. The van der Waals surface area contributed by atoms with Crippen LogP contribution in [-0.2, 0) is 4.79 Å². The number of hydrogen-bond acceptors (Lipinski definition) is 4. The summed E-state index contributed by atoms with van der Waals surface area (Å²) in [7, 11) is 0. The summed E-state index contributed by atoms with van der Waals surface area (Å²) in [5, 5.41) is 5.63. The largest absolute Gasteiger partial charge is 0.478 e. The molecule has 3 aromatic heterocycles. The second-order valence-corrected chi connectivity index (χ2v) is 8.62. The number of benzene rings is 1. The number of pyridine rings is 1. The van der Waals surface area contributed by atoms with Crippen LogP contribution in [0.3, 0.4) is 0 Å². The smallest absolute Gasteiger partial charge is 0.269 e. The van der Waals surface area contributed by atoms with Crippen LogP contribution in [0, 0.1) is 6.92 Å². The summed E-state index contributed by atoms with van der Waals surface area (Å²) in [4.78, 5) is 18.9. The molecule has 0 unspecified atom stereocenters. The first-order valence-corrected chi connectivity index (χ1v) is 10.4. The molecule has 0 aliphatic rings. The summed E-state index contributed by atoms with van der Waals surface area (Å²) in [6, 6.07) is 14.9. The van der Waals surface area contributed by atoms with E-state index >= 15 is 0 Å². The topological polar surface area (TPSA) is 55.6 Å². The molecule has 0 fully saturated rings.